The second kappa shape index (κ2) is 24.6. The largest absolute Gasteiger partial charge is 0.406 e. The van der Waals surface area contributed by atoms with Gasteiger partial charge in [-0.15, -0.1) is 11.3 Å². The average Bonchev–Trinajstić information content (AvgIpc) is 2.88. The van der Waals surface area contributed by atoms with Crippen LogP contribution >= 0.6 is 11.3 Å². The first-order valence-electron chi connectivity index (χ1n) is 30.9. The maximum atomic E-state index is 15.1. The van der Waals surface area contributed by atoms with E-state index in [4.69, 9.17) is 38.8 Å². The summed E-state index contributed by atoms with van der Waals surface area (Å²) in [7, 11) is 12.1. The maximum Gasteiger partial charge on any atom is 0.406 e. The smallest absolute Gasteiger partial charge is 0.395 e. The van der Waals surface area contributed by atoms with Crippen LogP contribution in [0.2, 0.25) is 0 Å². The number of nitrogens with zero attached hydrogens (tertiary/aromatic N) is 9. The second-order valence-corrected chi connectivity index (χ2v) is 27.6. The van der Waals surface area contributed by atoms with E-state index in [1.807, 2.05) is 43.1 Å². The van der Waals surface area contributed by atoms with Crippen LogP contribution in [-0.4, -0.2) is 173 Å². The lowest BCUT2D eigenvalue weighted by atomic mass is 9.73. The predicted molar refractivity (Wildman–Crippen MR) is 332 cm³/mol. The van der Waals surface area contributed by atoms with Gasteiger partial charge in [0, 0.05) is 134 Å². The molecule has 19 heteroatoms. The number of halogens is 3. The van der Waals surface area contributed by atoms with Crippen LogP contribution < -0.4 is 15.6 Å². The molecule has 0 spiro atoms. The number of carbonyl (C=O) groups is 1. The number of pyridine rings is 1. The molecule has 6 unspecified atom stereocenters. The summed E-state index contributed by atoms with van der Waals surface area (Å²) in [5, 5.41) is 20.4. The number of piperazine rings is 1. The number of likely N-dealkylation sites (N-methyl/N-ethyl adjacent to an activating group) is 1. The van der Waals surface area contributed by atoms with Crippen LogP contribution in [0.3, 0.4) is 0 Å². The number of fused-ring (bicyclic) bond motifs is 1. The number of nitrogens with one attached hydrogen (secondary N) is 2. The van der Waals surface area contributed by atoms with E-state index in [-0.39, 0.29) is 48.2 Å². The molecule has 2 aliphatic carbocycles. The van der Waals surface area contributed by atoms with E-state index in [9.17, 15) is 9.90 Å². The Morgan fingerprint density at radius 1 is 0.988 bits per heavy atom. The van der Waals surface area contributed by atoms with Gasteiger partial charge in [0.1, 0.15) is 28.0 Å². The van der Waals surface area contributed by atoms with Gasteiger partial charge in [-0.2, -0.15) is 13.2 Å². The predicted octanol–water partition coefficient (Wildman–Crippen LogP) is 10.1. The molecule has 4 radical (unpaired) electrons. The Morgan fingerprint density at radius 2 is 1.72 bits per heavy atom. The van der Waals surface area contributed by atoms with Crippen molar-refractivity contribution < 1.29 is 23.1 Å². The highest BCUT2D eigenvalue weighted by atomic mass is 32.1. The van der Waals surface area contributed by atoms with E-state index < -0.39 is 23.7 Å². The molecule has 4 aromatic rings. The van der Waals surface area contributed by atoms with Gasteiger partial charge in [0.2, 0.25) is 0 Å². The number of Topliss-reactive ketones (excluding diaryl/α,β-unsaturated/α-hetero) is 1. The van der Waals surface area contributed by atoms with E-state index in [0.717, 1.165) is 153 Å². The summed E-state index contributed by atoms with van der Waals surface area (Å²) < 4.78 is 46.8. The number of aliphatic hydroxyl groups is 1. The van der Waals surface area contributed by atoms with Crippen LogP contribution in [0.4, 0.5) is 18.9 Å². The Morgan fingerprint density at radius 3 is 2.34 bits per heavy atom. The van der Waals surface area contributed by atoms with Crippen molar-refractivity contribution in [2.75, 3.05) is 70.3 Å². The Balaban J connectivity index is 0.932. The van der Waals surface area contributed by atoms with Crippen LogP contribution in [0.15, 0.2) is 72.7 Å². The number of anilines is 1. The summed E-state index contributed by atoms with van der Waals surface area (Å²) in [5.74, 6) is 1.11. The monoisotopic (exact) mass is 1160 g/mol. The lowest BCUT2D eigenvalue weighted by Gasteiger charge is -2.39. The van der Waals surface area contributed by atoms with Crippen molar-refractivity contribution in [2.45, 2.75) is 174 Å². The number of hydrazine groups is 1. The molecule has 0 amide bonds. The molecule has 1 aromatic carbocycles. The van der Waals surface area contributed by atoms with Crippen molar-refractivity contribution >= 4 is 49.4 Å². The molecule has 6 aliphatic rings. The second-order valence-electron chi connectivity index (χ2n) is 26.7. The molecule has 6 fully saturated rings. The molecule has 7 heterocycles. The van der Waals surface area contributed by atoms with Crippen molar-refractivity contribution in [3.8, 4) is 22.5 Å². The third-order valence-corrected chi connectivity index (χ3v) is 19.3. The summed E-state index contributed by atoms with van der Waals surface area (Å²) >= 11 is 1.57. The standard InChI is InChI=1S/C64H90B2F3N11O2S/c1-12-74(44(9)59-60(46-15-16-46)80(59)64(65,66)82)35-45-21-24-77(36-45)58(40(4)5)42(7)72-53(43(8)79-23-14-13-22-71-79)31-56-73-54(37-83-56)47-17-20-55-50(29-47)52(33-62(10,11)32-41(6)81)61(78(55)38-63(67,68)69)51-30-49(34-70-57(51)39(2)3)76-27-25-75(26-28-76)48-18-19-48/h17,20,29-30,34,37,39-40,45-46,48,53,58-60,71-72,82H,7-9,12-16,18-19,21-28,31-33,35-36,38H2,1-6,10-11H3. The highest BCUT2D eigenvalue weighted by molar-refractivity contribution is 7.10. The van der Waals surface area contributed by atoms with Gasteiger partial charge in [-0.05, 0) is 125 Å². The summed E-state index contributed by atoms with van der Waals surface area (Å²) in [6.07, 6.45) is 6.47. The number of carbonyl (C=O) groups excluding carboxylic acids is 1. The summed E-state index contributed by atoms with van der Waals surface area (Å²) in [4.78, 5) is 34.9. The van der Waals surface area contributed by atoms with Crippen molar-refractivity contribution in [3.63, 3.8) is 0 Å². The molecule has 0 bridgehead atoms. The number of aromatic nitrogens is 3. The molecule has 3 aromatic heterocycles. The van der Waals surface area contributed by atoms with E-state index >= 15 is 13.2 Å². The fourth-order valence-corrected chi connectivity index (χ4v) is 15.2. The van der Waals surface area contributed by atoms with E-state index in [0.29, 0.717) is 47.5 Å². The first-order valence-corrected chi connectivity index (χ1v) is 31.7. The van der Waals surface area contributed by atoms with Crippen LogP contribution in [0, 0.1) is 23.2 Å². The van der Waals surface area contributed by atoms with Gasteiger partial charge >= 0.3 is 6.18 Å². The zero-order valence-electron chi connectivity index (χ0n) is 50.7. The maximum absolute atomic E-state index is 15.1. The highest BCUT2D eigenvalue weighted by Gasteiger charge is 2.61. The number of benzene rings is 1. The zero-order chi connectivity index (χ0) is 59.4. The normalized spacial score (nSPS) is 22.9. The van der Waals surface area contributed by atoms with Gasteiger partial charge in [0.05, 0.1) is 52.1 Å². The topological polar surface area (TPSA) is 111 Å². The quantitative estimate of drug-likeness (QED) is 0.0411. The molecule has 13 nitrogen and oxygen atoms in total. The average molecular weight is 1160 g/mol. The van der Waals surface area contributed by atoms with E-state index in [1.54, 1.807) is 18.3 Å². The first-order chi connectivity index (χ1) is 39.3. The van der Waals surface area contributed by atoms with E-state index in [1.165, 1.54) is 17.4 Å². The number of hydrogen-bond acceptors (Lipinski definition) is 13. The van der Waals surface area contributed by atoms with Gasteiger partial charge in [-0.3, -0.25) is 19.7 Å². The molecule has 10 rings (SSSR count). The van der Waals surface area contributed by atoms with Crippen LogP contribution in [-0.2, 0) is 24.2 Å². The molecule has 2 saturated carbocycles. The van der Waals surface area contributed by atoms with Gasteiger partial charge in [-0.25, -0.2) is 10.4 Å². The molecule has 83 heavy (non-hydrogen) atoms. The van der Waals surface area contributed by atoms with Gasteiger partial charge in [-0.1, -0.05) is 67.3 Å². The first kappa shape index (κ1) is 61.4. The summed E-state index contributed by atoms with van der Waals surface area (Å²) in [6.45, 7) is 38.0. The fraction of sp³-hybridized carbons (Fsp3) is 0.641. The van der Waals surface area contributed by atoms with Gasteiger partial charge in [0.25, 0.3) is 0 Å². The van der Waals surface area contributed by atoms with Gasteiger partial charge < -0.3 is 34.6 Å². The number of thiazole rings is 1. The SMILES string of the molecule is [B]C([B])(O)N1C(C(=C)N(CC)CC2CCN(C(C(=C)NC(Cc3nc(-c4ccc5c(c4)c(CC(C)(C)CC(C)=O)c(-c4cc(N6CCN(C7CC7)CC6)cnc4C(C)C)n5CC(F)(F)F)cs3)C(=C)N3CCCCN3)C(C)C)C2)C1C1CC1. The molecular weight excluding hydrogens is 1070 g/mol. The molecule has 3 N–H and O–H groups in total. The zero-order valence-corrected chi connectivity index (χ0v) is 51.5. The van der Waals surface area contributed by atoms with Crippen molar-refractivity contribution in [1.82, 2.24) is 49.9 Å². The van der Waals surface area contributed by atoms with Crippen LogP contribution in [0.5, 0.6) is 0 Å². The van der Waals surface area contributed by atoms with Crippen molar-refractivity contribution in [1.29, 1.82) is 0 Å². The van der Waals surface area contributed by atoms with Gasteiger partial charge in [0.15, 0.2) is 0 Å². The minimum Gasteiger partial charge on any atom is -0.395 e. The lowest BCUT2D eigenvalue weighted by molar-refractivity contribution is -0.139. The van der Waals surface area contributed by atoms with E-state index in [2.05, 4.69) is 88.0 Å². The highest BCUT2D eigenvalue weighted by Crippen LogP contribution is 2.52. The number of hydrogen-bond donors (Lipinski definition) is 3. The van der Waals surface area contributed by atoms with Crippen molar-refractivity contribution in [2.24, 2.45) is 23.2 Å². The molecule has 6 atom stereocenters. The molecule has 4 aliphatic heterocycles. The summed E-state index contributed by atoms with van der Waals surface area (Å²) in [6, 6.07) is 8.40. The Hall–Kier alpha value is -4.65. The van der Waals surface area contributed by atoms with Crippen molar-refractivity contribution in [3.05, 3.63) is 88.9 Å². The fourth-order valence-electron chi connectivity index (χ4n) is 14.3. The number of alkyl halides is 3. The lowest BCUT2D eigenvalue weighted by Crippen LogP contribution is -2.51. The molecule has 446 valence electrons. The summed E-state index contributed by atoms with van der Waals surface area (Å²) in [5.41, 5.74) is 9.67. The number of rotatable bonds is 26. The van der Waals surface area contributed by atoms with Crippen LogP contribution in [0.25, 0.3) is 33.4 Å². The molecular formula is C64H90B2F3N11O2S. The number of likely N-dealkylation sites (tertiary alicyclic amines) is 1. The molecule has 4 saturated heterocycles. The third kappa shape index (κ3) is 14.1. The Labute approximate surface area is 499 Å². The minimum atomic E-state index is -4.52. The van der Waals surface area contributed by atoms with Crippen LogP contribution in [0.1, 0.15) is 129 Å². The Bertz CT molecular complexity index is 3000. The number of ketones is 1. The minimum absolute atomic E-state index is 0.0317. The third-order valence-electron chi connectivity index (χ3n) is 18.5. The Kier molecular flexibility index (Phi) is 18.2.